The molecule has 0 heterocycles. The van der Waals surface area contributed by atoms with Crippen molar-refractivity contribution in [2.24, 2.45) is 0 Å². The first-order valence-electron chi connectivity index (χ1n) is 6.89. The fourth-order valence-corrected chi connectivity index (χ4v) is 2.88. The molecule has 1 aliphatic carbocycles. The van der Waals surface area contributed by atoms with E-state index in [9.17, 15) is 9.90 Å². The fourth-order valence-electron chi connectivity index (χ4n) is 2.76. The second-order valence-corrected chi connectivity index (χ2v) is 5.79. The van der Waals surface area contributed by atoms with Crippen molar-refractivity contribution >= 4 is 17.5 Å². The maximum atomic E-state index is 12.4. The number of carbonyl (C=O) groups excluding carboxylic acids is 1. The zero-order valence-corrected chi connectivity index (χ0v) is 12.4. The highest BCUT2D eigenvalue weighted by Gasteiger charge is 2.32. The summed E-state index contributed by atoms with van der Waals surface area (Å²) in [6.07, 6.45) is -0.0134. The number of nitrogens with one attached hydrogen (secondary N) is 1. The predicted octanol–water partition coefficient (Wildman–Crippen LogP) is 3.04. The summed E-state index contributed by atoms with van der Waals surface area (Å²) in [6, 6.07) is 12.6. The van der Waals surface area contributed by atoms with Gasteiger partial charge in [0.25, 0.3) is 5.91 Å². The predicted molar refractivity (Wildman–Crippen MR) is 82.5 cm³/mol. The largest absolute Gasteiger partial charge is 0.390 e. The Morgan fingerprint density at radius 1 is 1.29 bits per heavy atom. The first-order chi connectivity index (χ1) is 10.1. The summed E-state index contributed by atoms with van der Waals surface area (Å²) in [7, 11) is 0. The van der Waals surface area contributed by atoms with Crippen LogP contribution in [0.5, 0.6) is 0 Å². The Kier molecular flexibility index (Phi) is 3.70. The summed E-state index contributed by atoms with van der Waals surface area (Å²) < 4.78 is 0. The molecule has 2 atom stereocenters. The van der Waals surface area contributed by atoms with E-state index in [-0.39, 0.29) is 11.9 Å². The number of amides is 1. The number of rotatable bonds is 2. The highest BCUT2D eigenvalue weighted by Crippen LogP contribution is 2.31. The SMILES string of the molecule is Cc1cc(C(=O)NC2c3ccccc3CC2O)ccc1Cl. The summed E-state index contributed by atoms with van der Waals surface area (Å²) in [5.41, 5.74) is 3.48. The van der Waals surface area contributed by atoms with Crippen LogP contribution in [-0.4, -0.2) is 17.1 Å². The van der Waals surface area contributed by atoms with E-state index in [2.05, 4.69) is 5.32 Å². The molecule has 3 nitrogen and oxygen atoms in total. The van der Waals surface area contributed by atoms with Crippen molar-refractivity contribution in [3.05, 3.63) is 69.7 Å². The van der Waals surface area contributed by atoms with Gasteiger partial charge < -0.3 is 10.4 Å². The van der Waals surface area contributed by atoms with Crippen LogP contribution in [0.1, 0.15) is 33.1 Å². The lowest BCUT2D eigenvalue weighted by Gasteiger charge is -2.18. The van der Waals surface area contributed by atoms with Crippen LogP contribution in [0, 0.1) is 6.92 Å². The average Bonchev–Trinajstić information content (AvgIpc) is 2.78. The Labute approximate surface area is 128 Å². The van der Waals surface area contributed by atoms with E-state index in [1.807, 2.05) is 31.2 Å². The Hall–Kier alpha value is -1.84. The maximum absolute atomic E-state index is 12.4. The molecule has 0 spiro atoms. The fraction of sp³-hybridized carbons (Fsp3) is 0.235. The van der Waals surface area contributed by atoms with Gasteiger partial charge in [0.2, 0.25) is 0 Å². The van der Waals surface area contributed by atoms with Crippen molar-refractivity contribution in [2.75, 3.05) is 0 Å². The summed E-state index contributed by atoms with van der Waals surface area (Å²) in [4.78, 5) is 12.4. The third kappa shape index (κ3) is 2.67. The van der Waals surface area contributed by atoms with Crippen LogP contribution in [0.3, 0.4) is 0 Å². The summed E-state index contributed by atoms with van der Waals surface area (Å²) in [5.74, 6) is -0.199. The molecule has 4 heteroatoms. The van der Waals surface area contributed by atoms with Gasteiger partial charge in [-0.3, -0.25) is 4.79 Å². The average molecular weight is 302 g/mol. The van der Waals surface area contributed by atoms with Crippen LogP contribution in [-0.2, 0) is 6.42 Å². The lowest BCUT2D eigenvalue weighted by Crippen LogP contribution is -2.33. The van der Waals surface area contributed by atoms with Crippen molar-refractivity contribution in [2.45, 2.75) is 25.5 Å². The van der Waals surface area contributed by atoms with E-state index >= 15 is 0 Å². The molecule has 0 bridgehead atoms. The monoisotopic (exact) mass is 301 g/mol. The lowest BCUT2D eigenvalue weighted by atomic mass is 10.1. The molecule has 2 aromatic carbocycles. The highest BCUT2D eigenvalue weighted by atomic mass is 35.5. The molecule has 0 radical (unpaired) electrons. The van der Waals surface area contributed by atoms with Gasteiger partial charge in [-0.25, -0.2) is 0 Å². The Balaban J connectivity index is 1.83. The molecule has 2 unspecified atom stereocenters. The molecular weight excluding hydrogens is 286 g/mol. The van der Waals surface area contributed by atoms with Crippen LogP contribution in [0.15, 0.2) is 42.5 Å². The third-order valence-electron chi connectivity index (χ3n) is 3.91. The van der Waals surface area contributed by atoms with Crippen molar-refractivity contribution in [1.29, 1.82) is 0 Å². The minimum Gasteiger partial charge on any atom is -0.390 e. The molecule has 0 aromatic heterocycles. The van der Waals surface area contributed by atoms with Crippen molar-refractivity contribution in [3.63, 3.8) is 0 Å². The van der Waals surface area contributed by atoms with Crippen LogP contribution in [0.2, 0.25) is 5.02 Å². The van der Waals surface area contributed by atoms with E-state index in [0.717, 1.165) is 16.7 Å². The van der Waals surface area contributed by atoms with Gasteiger partial charge in [0.05, 0.1) is 12.1 Å². The molecule has 0 saturated carbocycles. The molecule has 3 rings (SSSR count). The summed E-state index contributed by atoms with van der Waals surface area (Å²) >= 11 is 5.97. The second-order valence-electron chi connectivity index (χ2n) is 5.39. The first kappa shape index (κ1) is 14.1. The van der Waals surface area contributed by atoms with Gasteiger partial charge in [-0.2, -0.15) is 0 Å². The minimum atomic E-state index is -0.584. The molecule has 21 heavy (non-hydrogen) atoms. The van der Waals surface area contributed by atoms with Gasteiger partial charge in [-0.05, 0) is 41.8 Å². The van der Waals surface area contributed by atoms with Crippen LogP contribution < -0.4 is 5.32 Å². The molecule has 0 fully saturated rings. The first-order valence-corrected chi connectivity index (χ1v) is 7.27. The second kappa shape index (κ2) is 5.51. The molecule has 2 aromatic rings. The number of halogens is 1. The van der Waals surface area contributed by atoms with Gasteiger partial charge in [-0.1, -0.05) is 35.9 Å². The van der Waals surface area contributed by atoms with E-state index < -0.39 is 6.10 Å². The molecular formula is C17H16ClNO2. The van der Waals surface area contributed by atoms with E-state index in [1.54, 1.807) is 18.2 Å². The van der Waals surface area contributed by atoms with Gasteiger partial charge in [-0.15, -0.1) is 0 Å². The third-order valence-corrected chi connectivity index (χ3v) is 4.33. The van der Waals surface area contributed by atoms with Gasteiger partial charge in [0.1, 0.15) is 0 Å². The number of benzene rings is 2. The van der Waals surface area contributed by atoms with E-state index in [0.29, 0.717) is 17.0 Å². The normalized spacial score (nSPS) is 20.1. The van der Waals surface area contributed by atoms with Crippen molar-refractivity contribution in [3.8, 4) is 0 Å². The van der Waals surface area contributed by atoms with Gasteiger partial charge >= 0.3 is 0 Å². The van der Waals surface area contributed by atoms with Crippen LogP contribution in [0.4, 0.5) is 0 Å². The quantitative estimate of drug-likeness (QED) is 0.896. The zero-order valence-electron chi connectivity index (χ0n) is 11.6. The molecule has 0 saturated heterocycles. The molecule has 108 valence electrons. The number of hydrogen-bond acceptors (Lipinski definition) is 2. The summed E-state index contributed by atoms with van der Waals surface area (Å²) in [6.45, 7) is 1.86. The molecule has 1 amide bonds. The number of aliphatic hydroxyl groups is 1. The minimum absolute atomic E-state index is 0.199. The topological polar surface area (TPSA) is 49.3 Å². The highest BCUT2D eigenvalue weighted by molar-refractivity contribution is 6.31. The molecule has 1 aliphatic rings. The number of aryl methyl sites for hydroxylation is 1. The van der Waals surface area contributed by atoms with Crippen LogP contribution >= 0.6 is 11.6 Å². The van der Waals surface area contributed by atoms with Gasteiger partial charge in [0.15, 0.2) is 0 Å². The Bertz CT molecular complexity index is 699. The molecule has 2 N–H and O–H groups in total. The maximum Gasteiger partial charge on any atom is 0.251 e. The van der Waals surface area contributed by atoms with Crippen LogP contribution in [0.25, 0.3) is 0 Å². The van der Waals surface area contributed by atoms with E-state index in [1.165, 1.54) is 0 Å². The van der Waals surface area contributed by atoms with E-state index in [4.69, 9.17) is 11.6 Å². The van der Waals surface area contributed by atoms with Gasteiger partial charge in [0, 0.05) is 17.0 Å². The number of fused-ring (bicyclic) bond motifs is 1. The number of carbonyl (C=O) groups is 1. The van der Waals surface area contributed by atoms with Crippen molar-refractivity contribution in [1.82, 2.24) is 5.32 Å². The number of aliphatic hydroxyl groups excluding tert-OH is 1. The standard InChI is InChI=1S/C17H16ClNO2/c1-10-8-12(6-7-14(10)18)17(21)19-16-13-5-3-2-4-11(13)9-15(16)20/h2-8,15-16,20H,9H2,1H3,(H,19,21). The Morgan fingerprint density at radius 2 is 2.05 bits per heavy atom. The Morgan fingerprint density at radius 3 is 2.81 bits per heavy atom. The lowest BCUT2D eigenvalue weighted by molar-refractivity contribution is 0.0858. The zero-order chi connectivity index (χ0) is 15.0. The molecule has 0 aliphatic heterocycles. The van der Waals surface area contributed by atoms with Crippen molar-refractivity contribution < 1.29 is 9.90 Å². The number of hydrogen-bond donors (Lipinski definition) is 2. The smallest absolute Gasteiger partial charge is 0.251 e. The summed E-state index contributed by atoms with van der Waals surface area (Å²) in [5, 5.41) is 13.7.